The fraction of sp³-hybridized carbons (Fsp3) is 0.143. The van der Waals surface area contributed by atoms with Gasteiger partial charge in [0.05, 0.1) is 12.7 Å². The highest BCUT2D eigenvalue weighted by molar-refractivity contribution is 7.91. The van der Waals surface area contributed by atoms with Crippen LogP contribution in [0.15, 0.2) is 64.7 Å². The van der Waals surface area contributed by atoms with Crippen molar-refractivity contribution in [3.05, 3.63) is 66.1 Å². The van der Waals surface area contributed by atoms with E-state index in [-0.39, 0.29) is 10.3 Å². The van der Waals surface area contributed by atoms with Crippen molar-refractivity contribution in [3.63, 3.8) is 0 Å². The topological polar surface area (TPSA) is 78.6 Å². The van der Waals surface area contributed by atoms with Crippen molar-refractivity contribution in [3.8, 4) is 33.8 Å². The second kappa shape index (κ2) is 7.09. The maximum Gasteiger partial charge on any atom is 0.248 e. The van der Waals surface area contributed by atoms with Crippen LogP contribution in [0.4, 0.5) is 0 Å². The Kier molecular flexibility index (Phi) is 4.74. The van der Waals surface area contributed by atoms with Gasteiger partial charge >= 0.3 is 0 Å². The lowest BCUT2D eigenvalue weighted by Crippen LogP contribution is -2.14. The van der Waals surface area contributed by atoms with E-state index in [1.807, 2.05) is 42.5 Å². The van der Waals surface area contributed by atoms with Gasteiger partial charge in [-0.1, -0.05) is 24.3 Å². The molecule has 1 unspecified atom stereocenters. The Balaban J connectivity index is 1.93. The first-order valence-corrected chi connectivity index (χ1v) is 11.1. The number of nitrogens with two attached hydrogens (primary N) is 1. The number of sulfonamides is 1. The molecule has 5 nitrogen and oxygen atoms in total. The largest absolute Gasteiger partial charge is 0.496 e. The van der Waals surface area contributed by atoms with E-state index < -0.39 is 10.0 Å². The zero-order valence-electron chi connectivity index (χ0n) is 15.2. The molecule has 4 rings (SSSR count). The number of methoxy groups -OCH3 is 1. The third kappa shape index (κ3) is 3.11. The highest BCUT2D eigenvalue weighted by Crippen LogP contribution is 2.49. The summed E-state index contributed by atoms with van der Waals surface area (Å²) in [7, 11) is -2.16. The molecular formula is C21H19NO4S2. The van der Waals surface area contributed by atoms with Gasteiger partial charge in [0, 0.05) is 17.5 Å². The molecule has 0 radical (unpaired) electrons. The lowest BCUT2D eigenvalue weighted by atomic mass is 9.88. The molecule has 1 aliphatic heterocycles. The van der Waals surface area contributed by atoms with Crippen LogP contribution >= 0.6 is 11.3 Å². The lowest BCUT2D eigenvalue weighted by Gasteiger charge is -2.29. The third-order valence-electron chi connectivity index (χ3n) is 4.72. The number of thiophene rings is 1. The monoisotopic (exact) mass is 413 g/mol. The van der Waals surface area contributed by atoms with E-state index in [1.54, 1.807) is 18.6 Å². The Hall–Kier alpha value is -2.61. The van der Waals surface area contributed by atoms with Crippen LogP contribution in [0.5, 0.6) is 11.5 Å². The van der Waals surface area contributed by atoms with E-state index in [1.165, 1.54) is 0 Å². The molecule has 28 heavy (non-hydrogen) atoms. The van der Waals surface area contributed by atoms with Gasteiger partial charge in [0.15, 0.2) is 0 Å². The summed E-state index contributed by atoms with van der Waals surface area (Å²) in [6.45, 7) is 3.84. The van der Waals surface area contributed by atoms with Gasteiger partial charge in [-0.05, 0) is 40.8 Å². The van der Waals surface area contributed by atoms with Crippen molar-refractivity contribution >= 4 is 21.4 Å². The molecule has 2 heterocycles. The quantitative estimate of drug-likeness (QED) is 0.613. The van der Waals surface area contributed by atoms with E-state index in [9.17, 15) is 8.42 Å². The minimum atomic E-state index is -3.79. The predicted octanol–water partition coefficient (Wildman–Crippen LogP) is 4.75. The Labute approximate surface area is 168 Å². The standard InChI is InChI=1S/C21H19NO4S2/c1-3-5-17-16-12-13(14-10-11-27-21(14)28(22,23)24)8-9-15(16)20-18(25-2)6-4-7-19(20)26-17/h3-4,6-12,17H,1,5H2,2H3,(H2,22,23,24). The van der Waals surface area contributed by atoms with Gasteiger partial charge < -0.3 is 9.47 Å². The summed E-state index contributed by atoms with van der Waals surface area (Å²) in [6, 6.07) is 13.3. The minimum Gasteiger partial charge on any atom is -0.496 e. The van der Waals surface area contributed by atoms with Crippen LogP contribution < -0.4 is 14.6 Å². The first-order valence-electron chi connectivity index (χ1n) is 8.63. The number of hydrogen-bond acceptors (Lipinski definition) is 5. The van der Waals surface area contributed by atoms with Gasteiger partial charge in [-0.2, -0.15) is 0 Å². The molecule has 1 atom stereocenters. The zero-order valence-corrected chi connectivity index (χ0v) is 16.8. The molecule has 1 aromatic heterocycles. The maximum atomic E-state index is 11.9. The third-order valence-corrected chi connectivity index (χ3v) is 7.15. The lowest BCUT2D eigenvalue weighted by molar-refractivity contribution is 0.205. The van der Waals surface area contributed by atoms with Gasteiger partial charge in [-0.25, -0.2) is 13.6 Å². The molecule has 0 amide bonds. The molecule has 1 aliphatic rings. The van der Waals surface area contributed by atoms with Crippen LogP contribution in [0.25, 0.3) is 22.3 Å². The van der Waals surface area contributed by atoms with E-state index in [4.69, 9.17) is 14.6 Å². The summed E-state index contributed by atoms with van der Waals surface area (Å²) in [5, 5.41) is 7.11. The SMILES string of the molecule is C=CCC1Oc2cccc(OC)c2-c2ccc(-c3ccsc3S(N)(=O)=O)cc21. The Morgan fingerprint density at radius 1 is 1.25 bits per heavy atom. The predicted molar refractivity (Wildman–Crippen MR) is 111 cm³/mol. The minimum absolute atomic E-state index is 0.155. The summed E-state index contributed by atoms with van der Waals surface area (Å²) in [6.07, 6.45) is 2.22. The zero-order chi connectivity index (χ0) is 19.9. The number of ether oxygens (including phenoxy) is 2. The number of fused-ring (bicyclic) bond motifs is 3. The number of benzene rings is 2. The summed E-state index contributed by atoms with van der Waals surface area (Å²) in [5.41, 5.74) is 4.23. The molecule has 2 aromatic carbocycles. The average Bonchev–Trinajstić information content (AvgIpc) is 3.18. The second-order valence-electron chi connectivity index (χ2n) is 6.43. The molecule has 144 valence electrons. The van der Waals surface area contributed by atoms with Gasteiger partial charge in [0.2, 0.25) is 10.0 Å². The molecule has 7 heteroatoms. The molecule has 0 saturated carbocycles. The van der Waals surface area contributed by atoms with Crippen molar-refractivity contribution in [2.24, 2.45) is 5.14 Å². The van der Waals surface area contributed by atoms with E-state index >= 15 is 0 Å². The highest BCUT2D eigenvalue weighted by atomic mass is 32.2. The summed E-state index contributed by atoms with van der Waals surface area (Å²) >= 11 is 1.11. The van der Waals surface area contributed by atoms with Crippen molar-refractivity contribution in [2.45, 2.75) is 16.7 Å². The molecule has 0 saturated heterocycles. The summed E-state index contributed by atoms with van der Waals surface area (Å²) < 4.78 is 35.8. The average molecular weight is 414 g/mol. The van der Waals surface area contributed by atoms with Gasteiger partial charge in [-0.3, -0.25) is 0 Å². The summed E-state index contributed by atoms with van der Waals surface area (Å²) in [5.74, 6) is 1.48. The fourth-order valence-corrected chi connectivity index (χ4v) is 5.38. The first-order chi connectivity index (χ1) is 13.4. The maximum absolute atomic E-state index is 11.9. The summed E-state index contributed by atoms with van der Waals surface area (Å²) in [4.78, 5) is 0. The van der Waals surface area contributed by atoms with Crippen LogP contribution in [0.2, 0.25) is 0 Å². The molecule has 0 aliphatic carbocycles. The first kappa shape index (κ1) is 18.7. The molecule has 0 bridgehead atoms. The highest BCUT2D eigenvalue weighted by Gasteiger charge is 2.29. The molecular weight excluding hydrogens is 394 g/mol. The fourth-order valence-electron chi connectivity index (χ4n) is 3.54. The Bertz CT molecular complexity index is 1160. The van der Waals surface area contributed by atoms with Crippen LogP contribution in [0.1, 0.15) is 18.1 Å². The van der Waals surface area contributed by atoms with Crippen LogP contribution in [0.3, 0.4) is 0 Å². The van der Waals surface area contributed by atoms with Crippen molar-refractivity contribution < 1.29 is 17.9 Å². The molecule has 0 fully saturated rings. The Morgan fingerprint density at radius 2 is 2.07 bits per heavy atom. The number of rotatable bonds is 5. The van der Waals surface area contributed by atoms with E-state index in [0.717, 1.165) is 45.1 Å². The number of hydrogen-bond donors (Lipinski definition) is 1. The van der Waals surface area contributed by atoms with E-state index in [0.29, 0.717) is 12.0 Å². The van der Waals surface area contributed by atoms with Crippen LogP contribution in [-0.4, -0.2) is 15.5 Å². The van der Waals surface area contributed by atoms with E-state index in [2.05, 4.69) is 6.58 Å². The van der Waals surface area contributed by atoms with Crippen LogP contribution in [0, 0.1) is 0 Å². The molecule has 2 N–H and O–H groups in total. The molecule has 3 aromatic rings. The van der Waals surface area contributed by atoms with Gasteiger partial charge in [0.1, 0.15) is 21.8 Å². The van der Waals surface area contributed by atoms with Crippen molar-refractivity contribution in [1.29, 1.82) is 0 Å². The van der Waals surface area contributed by atoms with Gasteiger partial charge in [0.25, 0.3) is 0 Å². The molecule has 0 spiro atoms. The van der Waals surface area contributed by atoms with Gasteiger partial charge in [-0.15, -0.1) is 17.9 Å². The second-order valence-corrected chi connectivity index (χ2v) is 9.11. The van der Waals surface area contributed by atoms with Crippen molar-refractivity contribution in [1.82, 2.24) is 0 Å². The number of primary sulfonamides is 1. The normalized spacial score (nSPS) is 15.3. The van der Waals surface area contributed by atoms with Crippen molar-refractivity contribution in [2.75, 3.05) is 7.11 Å². The van der Waals surface area contributed by atoms with Crippen LogP contribution in [-0.2, 0) is 10.0 Å². The smallest absolute Gasteiger partial charge is 0.248 e. The Morgan fingerprint density at radius 3 is 2.79 bits per heavy atom.